The van der Waals surface area contributed by atoms with Gasteiger partial charge in [0, 0.05) is 12.7 Å². The average molecular weight is 245 g/mol. The Morgan fingerprint density at radius 1 is 1.56 bits per heavy atom. The van der Waals surface area contributed by atoms with E-state index in [4.69, 9.17) is 5.73 Å². The summed E-state index contributed by atoms with van der Waals surface area (Å²) in [5.74, 6) is -0.111. The van der Waals surface area contributed by atoms with E-state index < -0.39 is 0 Å². The fourth-order valence-corrected chi connectivity index (χ4v) is 2.12. The minimum Gasteiger partial charge on any atom is -0.344 e. The molecule has 6 heteroatoms. The summed E-state index contributed by atoms with van der Waals surface area (Å²) in [4.78, 5) is 11.8. The van der Waals surface area contributed by atoms with Crippen molar-refractivity contribution in [2.24, 2.45) is 5.73 Å². The quantitative estimate of drug-likeness (QED) is 0.737. The van der Waals surface area contributed by atoms with Gasteiger partial charge in [-0.05, 0) is 18.9 Å². The molecular formula is C10H17ClN4O. The summed E-state index contributed by atoms with van der Waals surface area (Å²) in [6.07, 6.45) is 5.80. The Labute approximate surface area is 101 Å². The molecule has 1 aliphatic rings. The molecule has 1 amide bonds. The molecule has 0 bridgehead atoms. The van der Waals surface area contributed by atoms with Crippen LogP contribution >= 0.6 is 12.4 Å². The summed E-state index contributed by atoms with van der Waals surface area (Å²) in [5, 5.41) is 9.41. The van der Waals surface area contributed by atoms with Crippen LogP contribution in [0.15, 0.2) is 12.3 Å². The minimum atomic E-state index is -0.192. The van der Waals surface area contributed by atoms with E-state index in [9.17, 15) is 4.79 Å². The van der Waals surface area contributed by atoms with E-state index in [-0.39, 0.29) is 23.9 Å². The SMILES string of the molecule is Cl.NCC1(NC(=O)c2ccn[nH]2)CCCC1. The number of aromatic nitrogens is 2. The summed E-state index contributed by atoms with van der Waals surface area (Å²) in [7, 11) is 0. The van der Waals surface area contributed by atoms with Gasteiger partial charge in [-0.2, -0.15) is 5.10 Å². The number of nitrogens with one attached hydrogen (secondary N) is 2. The molecule has 5 nitrogen and oxygen atoms in total. The zero-order valence-electron chi connectivity index (χ0n) is 9.03. The van der Waals surface area contributed by atoms with Crippen LogP contribution in [-0.4, -0.2) is 28.2 Å². The van der Waals surface area contributed by atoms with Gasteiger partial charge in [0.25, 0.3) is 5.91 Å². The van der Waals surface area contributed by atoms with Crippen molar-refractivity contribution in [3.05, 3.63) is 18.0 Å². The molecule has 1 aromatic heterocycles. The van der Waals surface area contributed by atoms with Gasteiger partial charge in [0.05, 0.1) is 5.54 Å². The lowest BCUT2D eigenvalue weighted by atomic mass is 9.97. The number of aromatic amines is 1. The second-order valence-corrected chi connectivity index (χ2v) is 4.12. The molecule has 1 fully saturated rings. The van der Waals surface area contributed by atoms with Crippen molar-refractivity contribution in [2.75, 3.05) is 6.54 Å². The number of H-pyrrole nitrogens is 1. The van der Waals surface area contributed by atoms with Crippen molar-refractivity contribution in [1.82, 2.24) is 15.5 Å². The largest absolute Gasteiger partial charge is 0.344 e. The number of halogens is 1. The van der Waals surface area contributed by atoms with Crippen LogP contribution in [-0.2, 0) is 0 Å². The molecule has 0 radical (unpaired) electrons. The highest BCUT2D eigenvalue weighted by Crippen LogP contribution is 2.28. The fraction of sp³-hybridized carbons (Fsp3) is 0.600. The van der Waals surface area contributed by atoms with Gasteiger partial charge in [-0.25, -0.2) is 0 Å². The number of nitrogens with zero attached hydrogens (tertiary/aromatic N) is 1. The Kier molecular flexibility index (Phi) is 4.32. The predicted octanol–water partition coefficient (Wildman–Crippen LogP) is 0.833. The normalized spacial score (nSPS) is 17.8. The van der Waals surface area contributed by atoms with Crippen LogP contribution in [0.5, 0.6) is 0 Å². The Morgan fingerprint density at radius 3 is 2.75 bits per heavy atom. The summed E-state index contributed by atoms with van der Waals surface area (Å²) in [6.45, 7) is 0.507. The van der Waals surface area contributed by atoms with E-state index >= 15 is 0 Å². The number of amides is 1. The molecule has 0 atom stereocenters. The molecule has 90 valence electrons. The van der Waals surface area contributed by atoms with Crippen LogP contribution in [0.25, 0.3) is 0 Å². The maximum absolute atomic E-state index is 11.8. The van der Waals surface area contributed by atoms with Crippen molar-refractivity contribution < 1.29 is 4.79 Å². The first-order valence-electron chi connectivity index (χ1n) is 5.28. The highest BCUT2D eigenvalue weighted by Gasteiger charge is 2.34. The molecule has 0 aliphatic heterocycles. The maximum Gasteiger partial charge on any atom is 0.269 e. The van der Waals surface area contributed by atoms with Crippen molar-refractivity contribution in [3.63, 3.8) is 0 Å². The van der Waals surface area contributed by atoms with Gasteiger partial charge in [0.15, 0.2) is 0 Å². The first kappa shape index (κ1) is 13.0. The van der Waals surface area contributed by atoms with Crippen molar-refractivity contribution in [2.45, 2.75) is 31.2 Å². The molecule has 16 heavy (non-hydrogen) atoms. The number of carbonyl (C=O) groups is 1. The van der Waals surface area contributed by atoms with E-state index in [0.29, 0.717) is 12.2 Å². The smallest absolute Gasteiger partial charge is 0.269 e. The highest BCUT2D eigenvalue weighted by molar-refractivity contribution is 5.92. The third-order valence-electron chi connectivity index (χ3n) is 3.08. The number of hydrogen-bond acceptors (Lipinski definition) is 3. The monoisotopic (exact) mass is 244 g/mol. The van der Waals surface area contributed by atoms with Crippen LogP contribution < -0.4 is 11.1 Å². The maximum atomic E-state index is 11.8. The molecule has 2 rings (SSSR count). The van der Waals surface area contributed by atoms with Crippen molar-refractivity contribution in [3.8, 4) is 0 Å². The first-order chi connectivity index (χ1) is 7.26. The molecule has 4 N–H and O–H groups in total. The van der Waals surface area contributed by atoms with Gasteiger partial charge in [0.2, 0.25) is 0 Å². The molecule has 1 saturated carbocycles. The third kappa shape index (κ3) is 2.54. The van der Waals surface area contributed by atoms with Gasteiger partial charge in [-0.3, -0.25) is 9.89 Å². The molecule has 0 spiro atoms. The van der Waals surface area contributed by atoms with E-state index in [1.54, 1.807) is 12.3 Å². The number of rotatable bonds is 3. The third-order valence-corrected chi connectivity index (χ3v) is 3.08. The van der Waals surface area contributed by atoms with Gasteiger partial charge < -0.3 is 11.1 Å². The number of carbonyl (C=O) groups excluding carboxylic acids is 1. The van der Waals surface area contributed by atoms with E-state index in [1.807, 2.05) is 0 Å². The van der Waals surface area contributed by atoms with Crippen molar-refractivity contribution >= 4 is 18.3 Å². The Bertz CT molecular complexity index is 333. The van der Waals surface area contributed by atoms with Crippen LogP contribution in [0.1, 0.15) is 36.2 Å². The topological polar surface area (TPSA) is 83.8 Å². The average Bonchev–Trinajstić information content (AvgIpc) is 2.88. The summed E-state index contributed by atoms with van der Waals surface area (Å²) in [6, 6.07) is 1.66. The Hall–Kier alpha value is -1.07. The van der Waals surface area contributed by atoms with Gasteiger partial charge in [0.1, 0.15) is 5.69 Å². The molecule has 1 heterocycles. The lowest BCUT2D eigenvalue weighted by Gasteiger charge is -2.28. The molecule has 1 aromatic rings. The molecule has 0 aromatic carbocycles. The standard InChI is InChI=1S/C10H16N4O.ClH/c11-7-10(4-1-2-5-10)13-9(15)8-3-6-12-14-8;/h3,6H,1-2,4-5,7,11H2,(H,12,14)(H,13,15);1H. The molecule has 1 aliphatic carbocycles. The lowest BCUT2D eigenvalue weighted by molar-refractivity contribution is 0.0898. The van der Waals surface area contributed by atoms with Crippen molar-refractivity contribution in [1.29, 1.82) is 0 Å². The minimum absolute atomic E-state index is 0. The fourth-order valence-electron chi connectivity index (χ4n) is 2.12. The predicted molar refractivity (Wildman–Crippen MR) is 63.6 cm³/mol. The van der Waals surface area contributed by atoms with E-state index in [0.717, 1.165) is 25.7 Å². The zero-order valence-corrected chi connectivity index (χ0v) is 9.85. The van der Waals surface area contributed by atoms with Crippen LogP contribution in [0.4, 0.5) is 0 Å². The first-order valence-corrected chi connectivity index (χ1v) is 5.28. The Morgan fingerprint density at radius 2 is 2.25 bits per heavy atom. The van der Waals surface area contributed by atoms with Gasteiger partial charge in [-0.15, -0.1) is 12.4 Å². The van der Waals surface area contributed by atoms with E-state index in [2.05, 4.69) is 15.5 Å². The van der Waals surface area contributed by atoms with Crippen LogP contribution in [0.2, 0.25) is 0 Å². The summed E-state index contributed by atoms with van der Waals surface area (Å²) in [5.41, 5.74) is 6.03. The lowest BCUT2D eigenvalue weighted by Crippen LogP contribution is -2.51. The summed E-state index contributed by atoms with van der Waals surface area (Å²) >= 11 is 0. The molecule has 0 saturated heterocycles. The van der Waals surface area contributed by atoms with Crippen LogP contribution in [0.3, 0.4) is 0 Å². The van der Waals surface area contributed by atoms with Gasteiger partial charge in [-0.1, -0.05) is 12.8 Å². The number of hydrogen-bond donors (Lipinski definition) is 3. The summed E-state index contributed by atoms with van der Waals surface area (Å²) < 4.78 is 0. The van der Waals surface area contributed by atoms with Gasteiger partial charge >= 0.3 is 0 Å². The zero-order chi connectivity index (χ0) is 10.7. The second kappa shape index (κ2) is 5.32. The second-order valence-electron chi connectivity index (χ2n) is 4.12. The Balaban J connectivity index is 0.00000128. The molecular weight excluding hydrogens is 228 g/mol. The van der Waals surface area contributed by atoms with E-state index in [1.165, 1.54) is 0 Å². The molecule has 0 unspecified atom stereocenters. The van der Waals surface area contributed by atoms with Crippen LogP contribution in [0, 0.1) is 0 Å². The highest BCUT2D eigenvalue weighted by atomic mass is 35.5. The number of nitrogens with two attached hydrogens (primary N) is 1.